The number of nitrogens with zero attached hydrogens (tertiary/aromatic N) is 1. The second kappa shape index (κ2) is 2.44. The molecule has 0 saturated heterocycles. The Kier molecular flexibility index (Phi) is 1.72. The van der Waals surface area contributed by atoms with Crippen LogP contribution < -0.4 is 9.44 Å². The summed E-state index contributed by atoms with van der Waals surface area (Å²) in [6.07, 6.45) is 0.522. The third-order valence-corrected chi connectivity index (χ3v) is 1.89. The second-order valence-corrected chi connectivity index (χ2v) is 3.29. The summed E-state index contributed by atoms with van der Waals surface area (Å²) in [6.45, 7) is 0. The number of rotatable bonds is 1. The molecule has 2 N–H and O–H groups in total. The van der Waals surface area contributed by atoms with Gasteiger partial charge in [0.1, 0.15) is 0 Å². The van der Waals surface area contributed by atoms with E-state index in [1.807, 2.05) is 0 Å². The van der Waals surface area contributed by atoms with E-state index in [0.29, 0.717) is 6.20 Å². The first kappa shape index (κ1) is 8.46. The van der Waals surface area contributed by atoms with Crippen LogP contribution in [0.5, 0.6) is 0 Å². The van der Waals surface area contributed by atoms with Crippen LogP contribution in [0.1, 0.15) is 0 Å². The SMILES string of the molecule is O=C1NS(=O)(=O)NC=C1[N+](=O)[O-]. The van der Waals surface area contributed by atoms with Crippen LogP contribution in [0.15, 0.2) is 11.9 Å². The maximum Gasteiger partial charge on any atom is 0.351 e. The van der Waals surface area contributed by atoms with Crippen LogP contribution in [0.25, 0.3) is 0 Å². The van der Waals surface area contributed by atoms with E-state index in [4.69, 9.17) is 0 Å². The van der Waals surface area contributed by atoms with Gasteiger partial charge < -0.3 is 0 Å². The summed E-state index contributed by atoms with van der Waals surface area (Å²) in [5.74, 6) is -1.25. The highest BCUT2D eigenvalue weighted by Crippen LogP contribution is 2.00. The van der Waals surface area contributed by atoms with E-state index in [2.05, 4.69) is 0 Å². The van der Waals surface area contributed by atoms with Crippen molar-refractivity contribution in [3.8, 4) is 0 Å². The van der Waals surface area contributed by atoms with E-state index < -0.39 is 26.7 Å². The zero-order chi connectivity index (χ0) is 9.35. The van der Waals surface area contributed by atoms with Crippen LogP contribution in [0, 0.1) is 10.1 Å². The Balaban J connectivity index is 3.05. The number of carbonyl (C=O) groups is 1. The highest BCUT2D eigenvalue weighted by Gasteiger charge is 2.30. The molecule has 12 heavy (non-hydrogen) atoms. The summed E-state index contributed by atoms with van der Waals surface area (Å²) < 4.78 is 24.1. The molecule has 0 fully saturated rings. The van der Waals surface area contributed by atoms with Crippen molar-refractivity contribution in [3.63, 3.8) is 0 Å². The molecule has 1 amide bonds. The Hall–Kier alpha value is -1.64. The van der Waals surface area contributed by atoms with Crippen molar-refractivity contribution in [2.45, 2.75) is 0 Å². The lowest BCUT2D eigenvalue weighted by atomic mass is 10.5. The molecule has 1 rings (SSSR count). The summed E-state index contributed by atoms with van der Waals surface area (Å²) in [5.41, 5.74) is -0.843. The number of carbonyl (C=O) groups excluding carboxylic acids is 1. The van der Waals surface area contributed by atoms with Crippen LogP contribution in [0.4, 0.5) is 0 Å². The standard InChI is InChI=1S/C3H3N3O5S/c7-3-2(6(8)9)1-4-12(10,11)5-3/h1,4H,(H,5,7). The first-order valence-corrected chi connectivity index (χ1v) is 4.09. The maximum atomic E-state index is 10.6. The van der Waals surface area contributed by atoms with Gasteiger partial charge in [-0.05, 0) is 0 Å². The number of amides is 1. The highest BCUT2D eigenvalue weighted by atomic mass is 32.2. The van der Waals surface area contributed by atoms with Gasteiger partial charge in [-0.25, -0.2) is 4.72 Å². The van der Waals surface area contributed by atoms with Gasteiger partial charge in [-0.3, -0.25) is 19.6 Å². The molecule has 1 aliphatic rings. The number of hydrogen-bond donors (Lipinski definition) is 2. The third-order valence-electron chi connectivity index (χ3n) is 1.01. The molecule has 66 valence electrons. The largest absolute Gasteiger partial charge is 0.351 e. The van der Waals surface area contributed by atoms with Gasteiger partial charge in [0.25, 0.3) is 0 Å². The van der Waals surface area contributed by atoms with Crippen LogP contribution in [0.3, 0.4) is 0 Å². The molecule has 0 aromatic heterocycles. The molecule has 0 bridgehead atoms. The quantitative estimate of drug-likeness (QED) is 0.371. The molecule has 0 radical (unpaired) electrons. The molecule has 0 atom stereocenters. The van der Waals surface area contributed by atoms with Crippen molar-refractivity contribution >= 4 is 16.1 Å². The van der Waals surface area contributed by atoms with Crippen LogP contribution in [-0.4, -0.2) is 19.2 Å². The van der Waals surface area contributed by atoms with Crippen molar-refractivity contribution in [2.75, 3.05) is 0 Å². The molecule has 0 aromatic carbocycles. The Morgan fingerprint density at radius 1 is 1.50 bits per heavy atom. The minimum Gasteiger partial charge on any atom is -0.266 e. The van der Waals surface area contributed by atoms with E-state index in [-0.39, 0.29) is 0 Å². The number of hydrogen-bond acceptors (Lipinski definition) is 5. The molecule has 0 aromatic rings. The predicted molar refractivity (Wildman–Crippen MR) is 35.3 cm³/mol. The summed E-state index contributed by atoms with van der Waals surface area (Å²) in [5, 5.41) is 10.0. The summed E-state index contributed by atoms with van der Waals surface area (Å²) in [7, 11) is -3.93. The lowest BCUT2D eigenvalue weighted by Gasteiger charge is -2.08. The summed E-state index contributed by atoms with van der Waals surface area (Å²) in [4.78, 5) is 19.6. The molecule has 1 aliphatic heterocycles. The Bertz CT molecular complexity index is 367. The van der Waals surface area contributed by atoms with E-state index in [1.165, 1.54) is 4.72 Å². The molecule has 0 unspecified atom stereocenters. The molecular formula is C3H3N3O5S. The first-order chi connectivity index (χ1) is 5.42. The zero-order valence-electron chi connectivity index (χ0n) is 5.47. The average Bonchev–Trinajstić information content (AvgIpc) is 1.83. The lowest BCUT2D eigenvalue weighted by Crippen LogP contribution is -2.44. The average molecular weight is 193 g/mol. The Labute approximate surface area is 66.6 Å². The first-order valence-electron chi connectivity index (χ1n) is 2.61. The summed E-state index contributed by atoms with van der Waals surface area (Å²) >= 11 is 0. The van der Waals surface area contributed by atoms with Crippen LogP contribution in [-0.2, 0) is 15.0 Å². The van der Waals surface area contributed by atoms with E-state index in [0.717, 1.165) is 0 Å². The normalized spacial score (nSPS) is 20.3. The fourth-order valence-electron chi connectivity index (χ4n) is 0.538. The van der Waals surface area contributed by atoms with Gasteiger partial charge in [0.05, 0.1) is 11.1 Å². The van der Waals surface area contributed by atoms with Gasteiger partial charge in [-0.15, -0.1) is 0 Å². The molecule has 0 aliphatic carbocycles. The topological polar surface area (TPSA) is 118 Å². The van der Waals surface area contributed by atoms with Crippen LogP contribution >= 0.6 is 0 Å². The van der Waals surface area contributed by atoms with Crippen molar-refractivity contribution < 1.29 is 18.1 Å². The molecule has 9 heteroatoms. The highest BCUT2D eigenvalue weighted by molar-refractivity contribution is 7.88. The Morgan fingerprint density at radius 3 is 2.50 bits per heavy atom. The lowest BCUT2D eigenvalue weighted by molar-refractivity contribution is -0.419. The molecule has 8 nitrogen and oxygen atoms in total. The van der Waals surface area contributed by atoms with Gasteiger partial charge in [0.15, 0.2) is 0 Å². The van der Waals surface area contributed by atoms with Crippen molar-refractivity contribution in [1.29, 1.82) is 0 Å². The fraction of sp³-hybridized carbons (Fsp3) is 0. The minimum absolute atomic E-state index is 0.522. The van der Waals surface area contributed by atoms with Crippen molar-refractivity contribution in [3.05, 3.63) is 22.0 Å². The fourth-order valence-corrected chi connectivity index (χ4v) is 1.21. The van der Waals surface area contributed by atoms with E-state index in [1.54, 1.807) is 4.72 Å². The number of nitro groups is 1. The maximum absolute atomic E-state index is 10.6. The van der Waals surface area contributed by atoms with Crippen LogP contribution in [0.2, 0.25) is 0 Å². The van der Waals surface area contributed by atoms with Gasteiger partial charge in [0, 0.05) is 0 Å². The second-order valence-electron chi connectivity index (χ2n) is 1.84. The third kappa shape index (κ3) is 1.50. The smallest absolute Gasteiger partial charge is 0.266 e. The molecule has 0 spiro atoms. The number of nitrogens with one attached hydrogen (secondary N) is 2. The van der Waals surface area contributed by atoms with E-state index >= 15 is 0 Å². The predicted octanol–water partition coefficient (Wildman–Crippen LogP) is -1.93. The van der Waals surface area contributed by atoms with Gasteiger partial charge in [0.2, 0.25) is 0 Å². The minimum atomic E-state index is -3.93. The molecule has 0 saturated carbocycles. The monoisotopic (exact) mass is 193 g/mol. The van der Waals surface area contributed by atoms with Gasteiger partial charge in [-0.2, -0.15) is 8.42 Å². The van der Waals surface area contributed by atoms with Gasteiger partial charge in [-0.1, -0.05) is 0 Å². The van der Waals surface area contributed by atoms with E-state index in [9.17, 15) is 23.3 Å². The Morgan fingerprint density at radius 2 is 2.08 bits per heavy atom. The zero-order valence-corrected chi connectivity index (χ0v) is 6.29. The molecule has 1 heterocycles. The van der Waals surface area contributed by atoms with Crippen molar-refractivity contribution in [2.24, 2.45) is 0 Å². The van der Waals surface area contributed by atoms with Gasteiger partial charge >= 0.3 is 21.8 Å². The van der Waals surface area contributed by atoms with Crippen molar-refractivity contribution in [1.82, 2.24) is 9.44 Å². The molecular weight excluding hydrogens is 190 g/mol. The summed E-state index contributed by atoms with van der Waals surface area (Å²) in [6, 6.07) is 0.